The number of nitrogens with one attached hydrogen (secondary N) is 2. The van der Waals surface area contributed by atoms with Crippen molar-refractivity contribution < 1.29 is 9.18 Å². The molecule has 1 fully saturated rings. The van der Waals surface area contributed by atoms with E-state index in [2.05, 4.69) is 24.5 Å². The Morgan fingerprint density at radius 3 is 2.74 bits per heavy atom. The van der Waals surface area contributed by atoms with Gasteiger partial charge in [-0.15, -0.1) is 0 Å². The second-order valence-corrected chi connectivity index (χ2v) is 5.48. The zero-order chi connectivity index (χ0) is 14.0. The van der Waals surface area contributed by atoms with Gasteiger partial charge < -0.3 is 10.6 Å². The molecule has 1 aromatic rings. The van der Waals surface area contributed by atoms with Gasteiger partial charge in [0.25, 0.3) is 5.91 Å². The molecule has 0 aliphatic carbocycles. The molecule has 0 bridgehead atoms. The number of amides is 1. The maximum absolute atomic E-state index is 13.5. The number of benzene rings is 1. The van der Waals surface area contributed by atoms with Gasteiger partial charge in [0.05, 0.1) is 0 Å². The highest BCUT2D eigenvalue weighted by molar-refractivity contribution is 5.94. The standard InChI is InChI=1S/C15H21FN2O/c1-9-4-6-12(8-13(9)16)15(19)18-14-7-5-10(2)17-11(14)3/h4,6,8,10-11,14,17H,5,7H2,1-3H3,(H,18,19). The smallest absolute Gasteiger partial charge is 0.251 e. The minimum atomic E-state index is -0.337. The van der Waals surface area contributed by atoms with Crippen LogP contribution in [-0.4, -0.2) is 24.0 Å². The van der Waals surface area contributed by atoms with E-state index in [0.717, 1.165) is 12.8 Å². The summed E-state index contributed by atoms with van der Waals surface area (Å²) in [6, 6.07) is 5.43. The fourth-order valence-corrected chi connectivity index (χ4v) is 2.51. The van der Waals surface area contributed by atoms with Crippen molar-refractivity contribution in [2.75, 3.05) is 0 Å². The molecule has 3 nitrogen and oxygen atoms in total. The van der Waals surface area contributed by atoms with Crippen LogP contribution in [0.15, 0.2) is 18.2 Å². The Morgan fingerprint density at radius 2 is 2.11 bits per heavy atom. The van der Waals surface area contributed by atoms with Gasteiger partial charge >= 0.3 is 0 Å². The molecule has 1 aliphatic rings. The number of hydrogen-bond acceptors (Lipinski definition) is 2. The van der Waals surface area contributed by atoms with Crippen molar-refractivity contribution in [1.82, 2.24) is 10.6 Å². The predicted octanol–water partition coefficient (Wildman–Crippen LogP) is 2.39. The molecular weight excluding hydrogens is 243 g/mol. The summed E-state index contributed by atoms with van der Waals surface area (Å²) in [7, 11) is 0. The van der Waals surface area contributed by atoms with Crippen molar-refractivity contribution in [2.24, 2.45) is 0 Å². The summed E-state index contributed by atoms with van der Waals surface area (Å²) < 4.78 is 13.5. The average molecular weight is 264 g/mol. The fourth-order valence-electron chi connectivity index (χ4n) is 2.51. The molecule has 1 heterocycles. The molecule has 3 atom stereocenters. The molecular formula is C15H21FN2O. The van der Waals surface area contributed by atoms with E-state index in [1.54, 1.807) is 19.1 Å². The van der Waals surface area contributed by atoms with Crippen LogP contribution in [0.5, 0.6) is 0 Å². The third kappa shape index (κ3) is 3.32. The molecule has 1 saturated heterocycles. The molecule has 19 heavy (non-hydrogen) atoms. The zero-order valence-corrected chi connectivity index (χ0v) is 11.7. The van der Waals surface area contributed by atoms with Crippen molar-refractivity contribution in [3.63, 3.8) is 0 Å². The molecule has 104 valence electrons. The highest BCUT2D eigenvalue weighted by Crippen LogP contribution is 2.15. The Kier molecular flexibility index (Phi) is 4.20. The summed E-state index contributed by atoms with van der Waals surface area (Å²) in [6.07, 6.45) is 1.99. The normalized spacial score (nSPS) is 27.1. The van der Waals surface area contributed by atoms with Crippen LogP contribution >= 0.6 is 0 Å². The SMILES string of the molecule is Cc1ccc(C(=O)NC2CCC(C)NC2C)cc1F. The van der Waals surface area contributed by atoms with Gasteiger partial charge in [0.2, 0.25) is 0 Å². The third-order valence-corrected chi connectivity index (χ3v) is 3.81. The minimum Gasteiger partial charge on any atom is -0.348 e. The molecule has 2 N–H and O–H groups in total. The Balaban J connectivity index is 2.02. The molecule has 0 saturated carbocycles. The van der Waals surface area contributed by atoms with E-state index in [0.29, 0.717) is 17.2 Å². The lowest BCUT2D eigenvalue weighted by Gasteiger charge is -2.34. The number of halogens is 1. The Labute approximate surface area is 113 Å². The molecule has 4 heteroatoms. The Bertz CT molecular complexity index is 475. The van der Waals surface area contributed by atoms with E-state index in [4.69, 9.17) is 0 Å². The van der Waals surface area contributed by atoms with Gasteiger partial charge in [-0.25, -0.2) is 4.39 Å². The summed E-state index contributed by atoms with van der Waals surface area (Å²) in [5.74, 6) is -0.539. The summed E-state index contributed by atoms with van der Waals surface area (Å²) in [4.78, 5) is 12.1. The highest BCUT2D eigenvalue weighted by Gasteiger charge is 2.26. The lowest BCUT2D eigenvalue weighted by molar-refractivity contribution is 0.0914. The van der Waals surface area contributed by atoms with E-state index < -0.39 is 0 Å². The number of rotatable bonds is 2. The summed E-state index contributed by atoms with van der Waals surface area (Å²) in [5, 5.41) is 6.40. The average Bonchev–Trinajstić information content (AvgIpc) is 2.36. The summed E-state index contributed by atoms with van der Waals surface area (Å²) in [5.41, 5.74) is 0.937. The van der Waals surface area contributed by atoms with Crippen LogP contribution in [-0.2, 0) is 0 Å². The second-order valence-electron chi connectivity index (χ2n) is 5.48. The first kappa shape index (κ1) is 14.0. The second kappa shape index (κ2) is 5.70. The van der Waals surface area contributed by atoms with E-state index in [9.17, 15) is 9.18 Å². The maximum Gasteiger partial charge on any atom is 0.251 e. The van der Waals surface area contributed by atoms with Crippen LogP contribution < -0.4 is 10.6 Å². The minimum absolute atomic E-state index is 0.105. The molecule has 1 aromatic carbocycles. The molecule has 3 unspecified atom stereocenters. The van der Waals surface area contributed by atoms with E-state index in [1.165, 1.54) is 6.07 Å². The van der Waals surface area contributed by atoms with Crippen molar-refractivity contribution >= 4 is 5.91 Å². The van der Waals surface area contributed by atoms with Gasteiger partial charge in [-0.2, -0.15) is 0 Å². The quantitative estimate of drug-likeness (QED) is 0.861. The molecule has 0 aromatic heterocycles. The lowest BCUT2D eigenvalue weighted by atomic mass is 9.95. The number of piperidine rings is 1. The Morgan fingerprint density at radius 1 is 1.37 bits per heavy atom. The van der Waals surface area contributed by atoms with Crippen LogP contribution in [0.4, 0.5) is 4.39 Å². The van der Waals surface area contributed by atoms with Crippen molar-refractivity contribution in [3.05, 3.63) is 35.1 Å². The van der Waals surface area contributed by atoms with Crippen LogP contribution in [0.2, 0.25) is 0 Å². The summed E-state index contributed by atoms with van der Waals surface area (Å²) in [6.45, 7) is 5.89. The first-order valence-electron chi connectivity index (χ1n) is 6.80. The molecule has 1 amide bonds. The first-order valence-corrected chi connectivity index (χ1v) is 6.80. The zero-order valence-electron chi connectivity index (χ0n) is 11.7. The fraction of sp³-hybridized carbons (Fsp3) is 0.533. The van der Waals surface area contributed by atoms with Crippen molar-refractivity contribution in [1.29, 1.82) is 0 Å². The largest absolute Gasteiger partial charge is 0.348 e. The predicted molar refractivity (Wildman–Crippen MR) is 73.7 cm³/mol. The van der Waals surface area contributed by atoms with Crippen LogP contribution in [0.25, 0.3) is 0 Å². The summed E-state index contributed by atoms with van der Waals surface area (Å²) >= 11 is 0. The monoisotopic (exact) mass is 264 g/mol. The number of aryl methyl sites for hydroxylation is 1. The van der Waals surface area contributed by atoms with Gasteiger partial charge in [-0.05, 0) is 51.3 Å². The third-order valence-electron chi connectivity index (χ3n) is 3.81. The van der Waals surface area contributed by atoms with Crippen molar-refractivity contribution in [2.45, 2.75) is 51.7 Å². The molecule has 0 spiro atoms. The molecule has 0 radical (unpaired) electrons. The number of carbonyl (C=O) groups excluding carboxylic acids is 1. The van der Waals surface area contributed by atoms with Gasteiger partial charge in [0.1, 0.15) is 5.82 Å². The highest BCUT2D eigenvalue weighted by atomic mass is 19.1. The van der Waals surface area contributed by atoms with Gasteiger partial charge in [-0.3, -0.25) is 4.79 Å². The van der Waals surface area contributed by atoms with Gasteiger partial charge in [0, 0.05) is 23.7 Å². The van der Waals surface area contributed by atoms with Gasteiger partial charge in [-0.1, -0.05) is 6.07 Å². The maximum atomic E-state index is 13.5. The van der Waals surface area contributed by atoms with Crippen LogP contribution in [0.1, 0.15) is 42.6 Å². The van der Waals surface area contributed by atoms with Crippen molar-refractivity contribution in [3.8, 4) is 0 Å². The van der Waals surface area contributed by atoms with Crippen LogP contribution in [0, 0.1) is 12.7 Å². The van der Waals surface area contributed by atoms with E-state index in [1.807, 2.05) is 0 Å². The molecule has 1 aliphatic heterocycles. The number of hydrogen-bond donors (Lipinski definition) is 2. The van der Waals surface area contributed by atoms with Crippen LogP contribution in [0.3, 0.4) is 0 Å². The van der Waals surface area contributed by atoms with E-state index in [-0.39, 0.29) is 23.8 Å². The first-order chi connectivity index (χ1) is 8.97. The topological polar surface area (TPSA) is 41.1 Å². The number of carbonyl (C=O) groups is 1. The lowest BCUT2D eigenvalue weighted by Crippen LogP contribution is -2.54. The van der Waals surface area contributed by atoms with E-state index >= 15 is 0 Å². The molecule has 2 rings (SSSR count). The van der Waals surface area contributed by atoms with Gasteiger partial charge in [0.15, 0.2) is 0 Å². The Hall–Kier alpha value is -1.42.